The maximum atomic E-state index is 11.3. The molecular formula is C9H16N4OS. The van der Waals surface area contributed by atoms with Crippen LogP contribution in [0, 0.1) is 0 Å². The number of anilines is 1. The fourth-order valence-corrected chi connectivity index (χ4v) is 1.72. The lowest BCUT2D eigenvalue weighted by Gasteiger charge is -2.12. The van der Waals surface area contributed by atoms with E-state index in [4.69, 9.17) is 5.73 Å². The third-order valence-electron chi connectivity index (χ3n) is 1.70. The molecule has 6 heteroatoms. The number of rotatable bonds is 4. The molecule has 1 heterocycles. The van der Waals surface area contributed by atoms with Crippen molar-refractivity contribution in [3.05, 3.63) is 5.01 Å². The number of hydrogen-bond acceptors (Lipinski definition) is 5. The summed E-state index contributed by atoms with van der Waals surface area (Å²) in [6.07, 6.45) is 1.32. The Morgan fingerprint density at radius 1 is 1.53 bits per heavy atom. The minimum Gasteiger partial charge on any atom is -0.320 e. The van der Waals surface area contributed by atoms with Crippen LogP contribution in [0.5, 0.6) is 0 Å². The van der Waals surface area contributed by atoms with Crippen LogP contribution in [-0.2, 0) is 10.3 Å². The molecule has 0 atom stereocenters. The molecule has 0 fully saturated rings. The van der Waals surface area contributed by atoms with Gasteiger partial charge >= 0.3 is 0 Å². The largest absolute Gasteiger partial charge is 0.320 e. The van der Waals surface area contributed by atoms with Crippen LogP contribution < -0.4 is 11.1 Å². The molecule has 0 aliphatic rings. The van der Waals surface area contributed by atoms with Gasteiger partial charge in [0, 0.05) is 6.42 Å². The Kier molecular flexibility index (Phi) is 3.76. The van der Waals surface area contributed by atoms with E-state index >= 15 is 0 Å². The summed E-state index contributed by atoms with van der Waals surface area (Å²) in [4.78, 5) is 11.3. The van der Waals surface area contributed by atoms with Crippen molar-refractivity contribution in [2.24, 2.45) is 5.73 Å². The molecular weight excluding hydrogens is 212 g/mol. The summed E-state index contributed by atoms with van der Waals surface area (Å²) < 4.78 is 0. The zero-order chi connectivity index (χ0) is 11.5. The van der Waals surface area contributed by atoms with Crippen molar-refractivity contribution in [2.75, 3.05) is 5.32 Å². The van der Waals surface area contributed by atoms with Gasteiger partial charge in [-0.25, -0.2) is 0 Å². The normalized spacial score (nSPS) is 11.5. The Morgan fingerprint density at radius 2 is 2.20 bits per heavy atom. The molecule has 0 aliphatic carbocycles. The van der Waals surface area contributed by atoms with Crippen LogP contribution >= 0.6 is 11.3 Å². The Bertz CT molecular complexity index is 342. The minimum absolute atomic E-state index is 0.0324. The first kappa shape index (κ1) is 12.1. The van der Waals surface area contributed by atoms with Gasteiger partial charge in [-0.1, -0.05) is 18.3 Å². The molecule has 1 aromatic heterocycles. The molecule has 0 unspecified atom stereocenters. The van der Waals surface area contributed by atoms with Crippen molar-refractivity contribution in [3.8, 4) is 0 Å². The third-order valence-corrected chi connectivity index (χ3v) is 2.88. The molecule has 84 valence electrons. The molecule has 1 rings (SSSR count). The topological polar surface area (TPSA) is 80.9 Å². The second-order valence-corrected chi connectivity index (χ2v) is 4.91. The number of amides is 1. The van der Waals surface area contributed by atoms with Crippen molar-refractivity contribution in [3.63, 3.8) is 0 Å². The highest BCUT2D eigenvalue weighted by molar-refractivity contribution is 7.15. The average Bonchev–Trinajstić information content (AvgIpc) is 2.52. The smallest absolute Gasteiger partial charge is 0.226 e. The number of carbonyl (C=O) groups is 1. The summed E-state index contributed by atoms with van der Waals surface area (Å²) in [5.74, 6) is -0.0324. The van der Waals surface area contributed by atoms with E-state index in [0.717, 1.165) is 6.42 Å². The van der Waals surface area contributed by atoms with Gasteiger partial charge in [0.2, 0.25) is 11.0 Å². The minimum atomic E-state index is -0.509. The summed E-state index contributed by atoms with van der Waals surface area (Å²) >= 11 is 1.31. The Morgan fingerprint density at radius 3 is 2.67 bits per heavy atom. The number of aromatic nitrogens is 2. The van der Waals surface area contributed by atoms with E-state index in [2.05, 4.69) is 15.5 Å². The van der Waals surface area contributed by atoms with Crippen LogP contribution in [0.15, 0.2) is 0 Å². The molecule has 0 spiro atoms. The van der Waals surface area contributed by atoms with Crippen molar-refractivity contribution >= 4 is 22.4 Å². The van der Waals surface area contributed by atoms with Crippen LogP contribution in [0.4, 0.5) is 5.13 Å². The second-order valence-electron chi connectivity index (χ2n) is 3.93. The summed E-state index contributed by atoms with van der Waals surface area (Å²) in [5, 5.41) is 11.7. The third kappa shape index (κ3) is 3.56. The molecule has 1 amide bonds. The highest BCUT2D eigenvalue weighted by atomic mass is 32.1. The molecule has 0 saturated carbocycles. The fraction of sp³-hybridized carbons (Fsp3) is 0.667. The zero-order valence-corrected chi connectivity index (χ0v) is 10.0. The Hall–Kier alpha value is -1.01. The van der Waals surface area contributed by atoms with E-state index in [9.17, 15) is 4.79 Å². The number of hydrogen-bond donors (Lipinski definition) is 2. The predicted octanol–water partition coefficient (Wildman–Crippen LogP) is 1.47. The molecule has 0 radical (unpaired) electrons. The number of carbonyl (C=O) groups excluding carboxylic acids is 1. The van der Waals surface area contributed by atoms with Gasteiger partial charge in [-0.3, -0.25) is 4.79 Å². The van der Waals surface area contributed by atoms with Crippen LogP contribution in [0.2, 0.25) is 0 Å². The zero-order valence-electron chi connectivity index (χ0n) is 9.20. The molecule has 5 nitrogen and oxygen atoms in total. The lowest BCUT2D eigenvalue weighted by molar-refractivity contribution is -0.116. The first-order valence-electron chi connectivity index (χ1n) is 4.86. The van der Waals surface area contributed by atoms with E-state index in [-0.39, 0.29) is 5.91 Å². The second kappa shape index (κ2) is 4.67. The molecule has 0 saturated heterocycles. The SMILES string of the molecule is CCCC(=O)Nc1nnc(C(C)(C)N)s1. The first-order valence-corrected chi connectivity index (χ1v) is 5.68. The Balaban J connectivity index is 2.65. The highest BCUT2D eigenvalue weighted by Crippen LogP contribution is 2.23. The Labute approximate surface area is 93.1 Å². The predicted molar refractivity (Wildman–Crippen MR) is 60.7 cm³/mol. The molecule has 0 aromatic carbocycles. The van der Waals surface area contributed by atoms with E-state index in [1.165, 1.54) is 11.3 Å². The summed E-state index contributed by atoms with van der Waals surface area (Å²) in [7, 11) is 0. The summed E-state index contributed by atoms with van der Waals surface area (Å²) in [5.41, 5.74) is 5.35. The summed E-state index contributed by atoms with van der Waals surface area (Å²) in [6.45, 7) is 5.66. The van der Waals surface area contributed by atoms with E-state index in [0.29, 0.717) is 16.6 Å². The van der Waals surface area contributed by atoms with Crippen molar-refractivity contribution in [1.82, 2.24) is 10.2 Å². The van der Waals surface area contributed by atoms with Crippen LogP contribution in [0.1, 0.15) is 38.6 Å². The first-order chi connectivity index (χ1) is 6.93. The highest BCUT2D eigenvalue weighted by Gasteiger charge is 2.20. The molecule has 0 bridgehead atoms. The monoisotopic (exact) mass is 228 g/mol. The van der Waals surface area contributed by atoms with Gasteiger partial charge in [0.15, 0.2) is 0 Å². The van der Waals surface area contributed by atoms with Gasteiger partial charge < -0.3 is 11.1 Å². The lowest BCUT2D eigenvalue weighted by atomic mass is 10.1. The van der Waals surface area contributed by atoms with Crippen LogP contribution in [-0.4, -0.2) is 16.1 Å². The van der Waals surface area contributed by atoms with Gasteiger partial charge in [0.25, 0.3) is 0 Å². The molecule has 15 heavy (non-hydrogen) atoms. The van der Waals surface area contributed by atoms with Crippen LogP contribution in [0.3, 0.4) is 0 Å². The van der Waals surface area contributed by atoms with E-state index in [1.807, 2.05) is 20.8 Å². The standard InChI is InChI=1S/C9H16N4OS/c1-4-5-6(14)11-8-13-12-7(15-8)9(2,3)10/h4-5,10H2,1-3H3,(H,11,13,14). The van der Waals surface area contributed by atoms with Crippen LogP contribution in [0.25, 0.3) is 0 Å². The van der Waals surface area contributed by atoms with Gasteiger partial charge in [-0.2, -0.15) is 0 Å². The van der Waals surface area contributed by atoms with E-state index in [1.54, 1.807) is 0 Å². The molecule has 3 N–H and O–H groups in total. The van der Waals surface area contributed by atoms with Gasteiger partial charge in [0.1, 0.15) is 5.01 Å². The number of nitrogens with zero attached hydrogens (tertiary/aromatic N) is 2. The summed E-state index contributed by atoms with van der Waals surface area (Å²) in [6, 6.07) is 0. The molecule has 1 aromatic rings. The van der Waals surface area contributed by atoms with Crippen molar-refractivity contribution in [1.29, 1.82) is 0 Å². The fourth-order valence-electron chi connectivity index (χ4n) is 0.943. The van der Waals surface area contributed by atoms with Crippen molar-refractivity contribution in [2.45, 2.75) is 39.2 Å². The lowest BCUT2D eigenvalue weighted by Crippen LogP contribution is -2.28. The van der Waals surface area contributed by atoms with Gasteiger partial charge in [-0.15, -0.1) is 10.2 Å². The quantitative estimate of drug-likeness (QED) is 0.817. The maximum absolute atomic E-state index is 11.3. The number of nitrogens with two attached hydrogens (primary N) is 1. The average molecular weight is 228 g/mol. The number of nitrogens with one attached hydrogen (secondary N) is 1. The van der Waals surface area contributed by atoms with Gasteiger partial charge in [0.05, 0.1) is 5.54 Å². The maximum Gasteiger partial charge on any atom is 0.226 e. The molecule has 0 aliphatic heterocycles. The van der Waals surface area contributed by atoms with Crippen molar-refractivity contribution < 1.29 is 4.79 Å². The van der Waals surface area contributed by atoms with E-state index < -0.39 is 5.54 Å². The van der Waals surface area contributed by atoms with Gasteiger partial charge in [-0.05, 0) is 20.3 Å².